The molecule has 4 rings (SSSR count). The molecule has 2 aromatic heterocycles. The molecule has 0 bridgehead atoms. The van der Waals surface area contributed by atoms with Crippen molar-refractivity contribution in [3.05, 3.63) is 47.4 Å². The zero-order valence-corrected chi connectivity index (χ0v) is 13.7. The van der Waals surface area contributed by atoms with E-state index in [4.69, 9.17) is 11.6 Å². The Morgan fingerprint density at radius 2 is 2.13 bits per heavy atom. The van der Waals surface area contributed by atoms with Crippen LogP contribution < -0.4 is 4.90 Å². The first-order chi connectivity index (χ1) is 11.2. The number of hydrogen-bond acceptors (Lipinski definition) is 4. The lowest BCUT2D eigenvalue weighted by Crippen LogP contribution is -2.32. The maximum absolute atomic E-state index is 6.34. The van der Waals surface area contributed by atoms with Crippen LogP contribution in [0.25, 0.3) is 11.0 Å². The van der Waals surface area contributed by atoms with E-state index in [2.05, 4.69) is 26.0 Å². The minimum Gasteiger partial charge on any atom is -0.353 e. The van der Waals surface area contributed by atoms with E-state index in [1.54, 1.807) is 11.0 Å². The van der Waals surface area contributed by atoms with Crippen molar-refractivity contribution in [3.63, 3.8) is 0 Å². The number of aryl methyl sites for hydroxylation is 1. The minimum atomic E-state index is 0.410. The molecule has 1 aliphatic heterocycles. The normalized spacial score (nSPS) is 18.0. The summed E-state index contributed by atoms with van der Waals surface area (Å²) in [5, 5.41) is 6.17. The van der Waals surface area contributed by atoms with Gasteiger partial charge in [0.1, 0.15) is 12.1 Å². The molecule has 0 saturated carbocycles. The van der Waals surface area contributed by atoms with Gasteiger partial charge in [-0.2, -0.15) is 5.10 Å². The molecule has 0 N–H and O–H groups in total. The third-order valence-electron chi connectivity index (χ3n) is 4.57. The predicted octanol–water partition coefficient (Wildman–Crippen LogP) is 3.23. The van der Waals surface area contributed by atoms with Crippen LogP contribution in [0.15, 0.2) is 36.8 Å². The van der Waals surface area contributed by atoms with Crippen molar-refractivity contribution in [2.75, 3.05) is 11.4 Å². The van der Waals surface area contributed by atoms with Gasteiger partial charge in [-0.1, -0.05) is 29.8 Å². The van der Waals surface area contributed by atoms with Crippen molar-refractivity contribution in [3.8, 4) is 0 Å². The van der Waals surface area contributed by atoms with Gasteiger partial charge in [0.25, 0.3) is 0 Å². The van der Waals surface area contributed by atoms with E-state index in [1.165, 1.54) is 12.0 Å². The number of hydrogen-bond donors (Lipinski definition) is 0. The summed E-state index contributed by atoms with van der Waals surface area (Å²) in [6.07, 6.45) is 6.74. The molecule has 118 valence electrons. The molecule has 0 amide bonds. The topological polar surface area (TPSA) is 46.8 Å². The van der Waals surface area contributed by atoms with E-state index in [0.717, 1.165) is 41.3 Å². The Kier molecular flexibility index (Phi) is 3.65. The molecule has 0 spiro atoms. The zero-order valence-electron chi connectivity index (χ0n) is 13.0. The summed E-state index contributed by atoms with van der Waals surface area (Å²) in [5.74, 6) is 0.984. The highest BCUT2D eigenvalue weighted by atomic mass is 35.5. The number of nitrogens with zero attached hydrogens (tertiary/aromatic N) is 5. The van der Waals surface area contributed by atoms with Crippen LogP contribution in [-0.4, -0.2) is 32.3 Å². The number of benzene rings is 1. The summed E-state index contributed by atoms with van der Waals surface area (Å²) < 4.78 is 1.79. The molecule has 0 unspecified atom stereocenters. The molecule has 1 saturated heterocycles. The van der Waals surface area contributed by atoms with E-state index in [9.17, 15) is 0 Å². The molecule has 1 fully saturated rings. The van der Waals surface area contributed by atoms with Gasteiger partial charge in [0, 0.05) is 24.7 Å². The van der Waals surface area contributed by atoms with E-state index in [0.29, 0.717) is 6.04 Å². The molecule has 0 radical (unpaired) electrons. The Bertz CT molecular complexity index is 844. The largest absolute Gasteiger partial charge is 0.353 e. The monoisotopic (exact) mass is 327 g/mol. The summed E-state index contributed by atoms with van der Waals surface area (Å²) >= 11 is 6.34. The Morgan fingerprint density at radius 1 is 1.26 bits per heavy atom. The Hall–Kier alpha value is -2.14. The maximum Gasteiger partial charge on any atom is 0.163 e. The summed E-state index contributed by atoms with van der Waals surface area (Å²) in [6, 6.07) is 8.50. The first kappa shape index (κ1) is 14.5. The van der Waals surface area contributed by atoms with E-state index in [-0.39, 0.29) is 0 Å². The molecule has 1 aliphatic rings. The first-order valence-corrected chi connectivity index (χ1v) is 8.24. The van der Waals surface area contributed by atoms with Gasteiger partial charge in [-0.25, -0.2) is 9.97 Å². The number of anilines is 1. The Balaban J connectivity index is 1.68. The van der Waals surface area contributed by atoms with Gasteiger partial charge < -0.3 is 4.90 Å². The molecular weight excluding hydrogens is 310 g/mol. The lowest BCUT2D eigenvalue weighted by atomic mass is 10.0. The number of aromatic nitrogens is 4. The standard InChI is InChI=1S/C17H18ClN5/c1-22-16-14(10-21-22)17(20-11-19-16)23-8-4-6-13(23)9-12-5-2-3-7-15(12)18/h2-3,5,7,10-11,13H,4,6,8-9H2,1H3/t13-/m0/s1. The molecule has 1 aromatic carbocycles. The van der Waals surface area contributed by atoms with E-state index in [1.807, 2.05) is 31.4 Å². The van der Waals surface area contributed by atoms with Gasteiger partial charge in [-0.3, -0.25) is 4.68 Å². The van der Waals surface area contributed by atoms with Crippen LogP contribution in [0.3, 0.4) is 0 Å². The third kappa shape index (κ3) is 2.55. The molecule has 0 aliphatic carbocycles. The van der Waals surface area contributed by atoms with Crippen LogP contribution in [0.2, 0.25) is 5.02 Å². The van der Waals surface area contributed by atoms with Gasteiger partial charge in [0.2, 0.25) is 0 Å². The second-order valence-corrected chi connectivity index (χ2v) is 6.39. The van der Waals surface area contributed by atoms with Crippen molar-refractivity contribution in [2.24, 2.45) is 7.05 Å². The number of rotatable bonds is 3. The quantitative estimate of drug-likeness (QED) is 0.741. The summed E-state index contributed by atoms with van der Waals surface area (Å²) in [6.45, 7) is 1.01. The molecule has 3 aromatic rings. The van der Waals surface area contributed by atoms with Crippen molar-refractivity contribution in [2.45, 2.75) is 25.3 Å². The smallest absolute Gasteiger partial charge is 0.163 e. The van der Waals surface area contributed by atoms with Crippen molar-refractivity contribution < 1.29 is 0 Å². The van der Waals surface area contributed by atoms with Crippen molar-refractivity contribution in [1.82, 2.24) is 19.7 Å². The molecule has 1 atom stereocenters. The summed E-state index contributed by atoms with van der Waals surface area (Å²) in [4.78, 5) is 11.3. The highest BCUT2D eigenvalue weighted by Crippen LogP contribution is 2.31. The van der Waals surface area contributed by atoms with Crippen molar-refractivity contribution >= 4 is 28.5 Å². The molecular formula is C17H18ClN5. The van der Waals surface area contributed by atoms with Crippen LogP contribution in [0.4, 0.5) is 5.82 Å². The molecule has 3 heterocycles. The predicted molar refractivity (Wildman–Crippen MR) is 91.8 cm³/mol. The fraction of sp³-hybridized carbons (Fsp3) is 0.353. The van der Waals surface area contributed by atoms with Gasteiger partial charge >= 0.3 is 0 Å². The lowest BCUT2D eigenvalue weighted by Gasteiger charge is -2.26. The Labute approximate surface area is 139 Å². The molecule has 6 heteroatoms. The maximum atomic E-state index is 6.34. The second kappa shape index (κ2) is 5.81. The van der Waals surface area contributed by atoms with Gasteiger partial charge in [0.05, 0.1) is 11.6 Å². The van der Waals surface area contributed by atoms with E-state index < -0.39 is 0 Å². The SMILES string of the molecule is Cn1ncc2c(N3CCC[C@H]3Cc3ccccc3Cl)ncnc21. The van der Waals surface area contributed by atoms with Crippen LogP contribution >= 0.6 is 11.6 Å². The van der Waals surface area contributed by atoms with Crippen LogP contribution in [0.1, 0.15) is 18.4 Å². The number of fused-ring (bicyclic) bond motifs is 1. The second-order valence-electron chi connectivity index (χ2n) is 5.99. The van der Waals surface area contributed by atoms with Crippen LogP contribution in [0, 0.1) is 0 Å². The highest BCUT2D eigenvalue weighted by Gasteiger charge is 2.28. The Morgan fingerprint density at radius 3 is 3.00 bits per heavy atom. The summed E-state index contributed by atoms with van der Waals surface area (Å²) in [5.41, 5.74) is 2.07. The number of halogens is 1. The fourth-order valence-corrected chi connectivity index (χ4v) is 3.64. The van der Waals surface area contributed by atoms with Gasteiger partial charge in [-0.05, 0) is 30.9 Å². The first-order valence-electron chi connectivity index (χ1n) is 7.87. The lowest BCUT2D eigenvalue weighted by molar-refractivity contribution is 0.659. The van der Waals surface area contributed by atoms with Crippen LogP contribution in [-0.2, 0) is 13.5 Å². The van der Waals surface area contributed by atoms with Gasteiger partial charge in [0.15, 0.2) is 5.65 Å². The van der Waals surface area contributed by atoms with Crippen molar-refractivity contribution in [1.29, 1.82) is 0 Å². The highest BCUT2D eigenvalue weighted by molar-refractivity contribution is 6.31. The van der Waals surface area contributed by atoms with Crippen LogP contribution in [0.5, 0.6) is 0 Å². The molecule has 23 heavy (non-hydrogen) atoms. The summed E-state index contributed by atoms with van der Waals surface area (Å²) in [7, 11) is 1.91. The minimum absolute atomic E-state index is 0.410. The van der Waals surface area contributed by atoms with E-state index >= 15 is 0 Å². The van der Waals surface area contributed by atoms with Gasteiger partial charge in [-0.15, -0.1) is 0 Å². The average molecular weight is 328 g/mol. The zero-order chi connectivity index (χ0) is 15.8. The third-order valence-corrected chi connectivity index (χ3v) is 4.94. The average Bonchev–Trinajstić information content (AvgIpc) is 3.17. The molecule has 5 nitrogen and oxygen atoms in total. The fourth-order valence-electron chi connectivity index (χ4n) is 3.42.